The Morgan fingerprint density at radius 2 is 1.76 bits per heavy atom. The van der Waals surface area contributed by atoms with Crippen molar-refractivity contribution in [2.24, 2.45) is 0 Å². The predicted octanol–water partition coefficient (Wildman–Crippen LogP) is 4.07. The largest absolute Gasteiger partial charge is 0.279 e. The summed E-state index contributed by atoms with van der Waals surface area (Å²) in [5, 5.41) is 0. The molecule has 7 heteroatoms. The maximum Gasteiger partial charge on any atom is 0.271 e. The van der Waals surface area contributed by atoms with Gasteiger partial charge in [0.2, 0.25) is 0 Å². The van der Waals surface area contributed by atoms with Crippen molar-refractivity contribution < 1.29 is 8.42 Å². The third-order valence-electron chi connectivity index (χ3n) is 1.91. The summed E-state index contributed by atoms with van der Waals surface area (Å²) in [6, 6.07) is 10.4. The summed E-state index contributed by atoms with van der Waals surface area (Å²) in [7, 11) is -3.51. The number of benzene rings is 1. The van der Waals surface area contributed by atoms with Gasteiger partial charge in [-0.15, -0.1) is 11.3 Å². The Kier molecular flexibility index (Phi) is 3.92. The van der Waals surface area contributed by atoms with E-state index in [2.05, 4.69) is 36.6 Å². The molecule has 0 atom stereocenters. The number of nitrogens with one attached hydrogen (secondary N) is 1. The number of halogens is 2. The quantitative estimate of drug-likeness (QED) is 0.849. The Labute approximate surface area is 120 Å². The molecule has 2 rings (SSSR count). The number of anilines is 1. The van der Waals surface area contributed by atoms with Crippen LogP contribution in [0.5, 0.6) is 0 Å². The number of rotatable bonds is 3. The van der Waals surface area contributed by atoms with Gasteiger partial charge in [-0.3, -0.25) is 4.72 Å². The summed E-state index contributed by atoms with van der Waals surface area (Å²) in [4.78, 5) is 0. The lowest BCUT2D eigenvalue weighted by molar-refractivity contribution is 0.603. The first kappa shape index (κ1) is 13.1. The molecule has 1 aromatic carbocycles. The third kappa shape index (κ3) is 3.09. The Hall–Kier alpha value is -0.370. The summed E-state index contributed by atoms with van der Waals surface area (Å²) < 4.78 is 28.3. The second-order valence-electron chi connectivity index (χ2n) is 3.16. The SMILES string of the molecule is O=S(=O)(Nc1ccccc1)c1cc(Br)c(Br)s1. The molecule has 0 aliphatic heterocycles. The fourth-order valence-corrected chi connectivity index (χ4v) is 5.05. The minimum atomic E-state index is -3.51. The average molecular weight is 397 g/mol. The molecule has 1 N–H and O–H groups in total. The zero-order valence-electron chi connectivity index (χ0n) is 8.35. The molecular weight excluding hydrogens is 390 g/mol. The Bertz CT molecular complexity index is 604. The molecule has 0 aliphatic rings. The first-order valence-electron chi connectivity index (χ1n) is 4.52. The van der Waals surface area contributed by atoms with Crippen LogP contribution < -0.4 is 4.72 Å². The van der Waals surface area contributed by atoms with E-state index in [0.29, 0.717) is 5.69 Å². The highest BCUT2D eigenvalue weighted by Gasteiger charge is 2.18. The van der Waals surface area contributed by atoms with E-state index in [1.807, 2.05) is 6.07 Å². The first-order chi connectivity index (χ1) is 7.99. The van der Waals surface area contributed by atoms with E-state index in [9.17, 15) is 8.42 Å². The molecule has 90 valence electrons. The lowest BCUT2D eigenvalue weighted by Gasteiger charge is -2.05. The maximum atomic E-state index is 12.0. The molecule has 0 bridgehead atoms. The van der Waals surface area contributed by atoms with Gasteiger partial charge in [0.05, 0.1) is 3.79 Å². The number of sulfonamides is 1. The van der Waals surface area contributed by atoms with E-state index in [4.69, 9.17) is 0 Å². The molecule has 0 fully saturated rings. The van der Waals surface area contributed by atoms with Crippen LogP contribution in [0.3, 0.4) is 0 Å². The second-order valence-corrected chi connectivity index (χ2v) is 8.29. The first-order valence-corrected chi connectivity index (χ1v) is 8.40. The van der Waals surface area contributed by atoms with Crippen molar-refractivity contribution in [2.75, 3.05) is 4.72 Å². The van der Waals surface area contributed by atoms with Crippen molar-refractivity contribution in [3.63, 3.8) is 0 Å². The Balaban J connectivity index is 2.32. The summed E-state index contributed by atoms with van der Waals surface area (Å²) in [6.45, 7) is 0. The minimum Gasteiger partial charge on any atom is -0.279 e. The fourth-order valence-electron chi connectivity index (χ4n) is 1.17. The van der Waals surface area contributed by atoms with Gasteiger partial charge < -0.3 is 0 Å². The van der Waals surface area contributed by atoms with E-state index >= 15 is 0 Å². The van der Waals surface area contributed by atoms with Gasteiger partial charge >= 0.3 is 0 Å². The van der Waals surface area contributed by atoms with Gasteiger partial charge in [-0.1, -0.05) is 18.2 Å². The summed E-state index contributed by atoms with van der Waals surface area (Å²) in [5.41, 5.74) is 0.549. The Morgan fingerprint density at radius 1 is 1.12 bits per heavy atom. The number of hydrogen-bond acceptors (Lipinski definition) is 3. The highest BCUT2D eigenvalue weighted by Crippen LogP contribution is 2.35. The van der Waals surface area contributed by atoms with Gasteiger partial charge in [0.15, 0.2) is 0 Å². The molecule has 3 nitrogen and oxygen atoms in total. The number of para-hydroxylation sites is 1. The summed E-state index contributed by atoms with van der Waals surface area (Å²) >= 11 is 7.70. The molecule has 0 unspecified atom stereocenters. The van der Waals surface area contributed by atoms with Crippen molar-refractivity contribution in [2.45, 2.75) is 4.21 Å². The molecule has 1 heterocycles. The van der Waals surface area contributed by atoms with Gasteiger partial charge in [-0.05, 0) is 50.1 Å². The number of hydrogen-bond donors (Lipinski definition) is 1. The van der Waals surface area contributed by atoms with E-state index < -0.39 is 10.0 Å². The van der Waals surface area contributed by atoms with Crippen LogP contribution in [0.15, 0.2) is 48.9 Å². The monoisotopic (exact) mass is 395 g/mol. The average Bonchev–Trinajstić information content (AvgIpc) is 2.61. The maximum absolute atomic E-state index is 12.0. The normalized spacial score (nSPS) is 11.4. The highest BCUT2D eigenvalue weighted by molar-refractivity contribution is 9.13. The molecule has 0 amide bonds. The third-order valence-corrected chi connectivity index (χ3v) is 7.02. The van der Waals surface area contributed by atoms with E-state index in [1.165, 1.54) is 0 Å². The van der Waals surface area contributed by atoms with E-state index in [1.54, 1.807) is 30.3 Å². The zero-order chi connectivity index (χ0) is 12.5. The molecule has 17 heavy (non-hydrogen) atoms. The molecule has 0 saturated carbocycles. The lowest BCUT2D eigenvalue weighted by atomic mass is 10.3. The highest BCUT2D eigenvalue weighted by atomic mass is 79.9. The van der Waals surface area contributed by atoms with E-state index in [-0.39, 0.29) is 4.21 Å². The molecule has 0 spiro atoms. The molecule has 0 aliphatic carbocycles. The van der Waals surface area contributed by atoms with Crippen molar-refractivity contribution in [1.82, 2.24) is 0 Å². The summed E-state index contributed by atoms with van der Waals surface area (Å²) in [6.07, 6.45) is 0. The van der Waals surface area contributed by atoms with Gasteiger partial charge in [0, 0.05) is 10.2 Å². The van der Waals surface area contributed by atoms with Crippen LogP contribution in [0.25, 0.3) is 0 Å². The van der Waals surface area contributed by atoms with Crippen LogP contribution in [0, 0.1) is 0 Å². The molecule has 2 aromatic rings. The Morgan fingerprint density at radius 3 is 2.29 bits per heavy atom. The van der Waals surface area contributed by atoms with Crippen molar-refractivity contribution >= 4 is 58.9 Å². The lowest BCUT2D eigenvalue weighted by Crippen LogP contribution is -2.11. The van der Waals surface area contributed by atoms with Crippen LogP contribution in [0.4, 0.5) is 5.69 Å². The van der Waals surface area contributed by atoms with Crippen molar-refractivity contribution in [3.05, 3.63) is 44.7 Å². The molecular formula is C10H7Br2NO2S2. The molecule has 0 saturated heterocycles. The van der Waals surface area contributed by atoms with Gasteiger partial charge in [-0.2, -0.15) is 0 Å². The second kappa shape index (κ2) is 5.09. The predicted molar refractivity (Wildman–Crippen MR) is 77.0 cm³/mol. The van der Waals surface area contributed by atoms with Gasteiger partial charge in [-0.25, -0.2) is 8.42 Å². The molecule has 0 radical (unpaired) electrons. The smallest absolute Gasteiger partial charge is 0.271 e. The van der Waals surface area contributed by atoms with Gasteiger partial charge in [0.25, 0.3) is 10.0 Å². The van der Waals surface area contributed by atoms with Crippen LogP contribution in [-0.4, -0.2) is 8.42 Å². The zero-order valence-corrected chi connectivity index (χ0v) is 13.2. The number of thiophene rings is 1. The van der Waals surface area contributed by atoms with Crippen LogP contribution in [0.1, 0.15) is 0 Å². The fraction of sp³-hybridized carbons (Fsp3) is 0. The van der Waals surface area contributed by atoms with E-state index in [0.717, 1.165) is 19.6 Å². The molecule has 1 aromatic heterocycles. The van der Waals surface area contributed by atoms with Crippen molar-refractivity contribution in [3.8, 4) is 0 Å². The van der Waals surface area contributed by atoms with Crippen molar-refractivity contribution in [1.29, 1.82) is 0 Å². The van der Waals surface area contributed by atoms with Crippen LogP contribution in [0.2, 0.25) is 0 Å². The summed E-state index contributed by atoms with van der Waals surface area (Å²) in [5.74, 6) is 0. The topological polar surface area (TPSA) is 46.2 Å². The van der Waals surface area contributed by atoms with Gasteiger partial charge in [0.1, 0.15) is 4.21 Å². The minimum absolute atomic E-state index is 0.264. The van der Waals surface area contributed by atoms with Crippen LogP contribution in [-0.2, 0) is 10.0 Å². The van der Waals surface area contributed by atoms with Crippen LogP contribution >= 0.6 is 43.2 Å². The standard InChI is InChI=1S/C10H7Br2NO2S2/c11-8-6-9(16-10(8)12)17(14,15)13-7-4-2-1-3-5-7/h1-6,13H.